The highest BCUT2D eigenvalue weighted by molar-refractivity contribution is 6.00. The van der Waals surface area contributed by atoms with Crippen LogP contribution < -0.4 is 10.1 Å². The highest BCUT2D eigenvalue weighted by Gasteiger charge is 2.19. The molecule has 0 spiro atoms. The summed E-state index contributed by atoms with van der Waals surface area (Å²) in [5.41, 5.74) is 2.36. The molecular formula is C25H20FN3O6. The lowest BCUT2D eigenvalue weighted by Gasteiger charge is -2.10. The van der Waals surface area contributed by atoms with Gasteiger partial charge >= 0.3 is 12.0 Å². The molecule has 0 unspecified atom stereocenters. The number of nitrogens with zero attached hydrogens (tertiary/aromatic N) is 2. The number of nitro groups is 1. The van der Waals surface area contributed by atoms with Gasteiger partial charge in [-0.15, -0.1) is 0 Å². The van der Waals surface area contributed by atoms with E-state index in [4.69, 9.17) is 9.47 Å². The number of halogens is 1. The van der Waals surface area contributed by atoms with Crippen molar-refractivity contribution < 1.29 is 28.4 Å². The topological polar surface area (TPSA) is 113 Å². The Morgan fingerprint density at radius 2 is 1.77 bits per heavy atom. The summed E-state index contributed by atoms with van der Waals surface area (Å²) in [5.74, 6) is -0.522. The van der Waals surface area contributed by atoms with Crippen LogP contribution in [0.1, 0.15) is 21.5 Å². The first-order valence-electron chi connectivity index (χ1n) is 10.4. The number of carbonyl (C=O) groups is 2. The third kappa shape index (κ3) is 4.81. The normalized spacial score (nSPS) is 10.7. The predicted octanol–water partition coefficient (Wildman–Crippen LogP) is 5.15. The molecule has 3 aromatic carbocycles. The van der Waals surface area contributed by atoms with Gasteiger partial charge in [0.05, 0.1) is 30.2 Å². The molecule has 0 saturated carbocycles. The zero-order valence-corrected chi connectivity index (χ0v) is 18.8. The van der Waals surface area contributed by atoms with Gasteiger partial charge in [-0.05, 0) is 53.6 Å². The first-order valence-corrected chi connectivity index (χ1v) is 10.4. The molecule has 35 heavy (non-hydrogen) atoms. The molecule has 0 bridgehead atoms. The maximum Gasteiger partial charge on any atom is 0.337 e. The molecule has 0 saturated heterocycles. The van der Waals surface area contributed by atoms with E-state index in [1.165, 1.54) is 61.3 Å². The second kappa shape index (κ2) is 9.64. The fraction of sp³-hybridized carbons (Fsp3) is 0.120. The van der Waals surface area contributed by atoms with E-state index in [2.05, 4.69) is 5.32 Å². The number of methoxy groups -OCH3 is 2. The number of aromatic nitrogens is 1. The van der Waals surface area contributed by atoms with Crippen molar-refractivity contribution in [3.8, 4) is 5.75 Å². The number of nitro benzene ring substituents is 1. The number of ether oxygens (including phenoxy) is 2. The SMILES string of the molecule is COC(=O)c1ccc(Cc2cn(C(=O)Nc3ccc(F)cc3)c3ccc([N+](=O)[O-])cc23)c(OC)c1. The first kappa shape index (κ1) is 23.4. The molecule has 4 rings (SSSR count). The molecule has 4 aromatic rings. The molecule has 1 aromatic heterocycles. The Labute approximate surface area is 198 Å². The van der Waals surface area contributed by atoms with Crippen molar-refractivity contribution >= 4 is 34.3 Å². The van der Waals surface area contributed by atoms with Crippen molar-refractivity contribution in [3.05, 3.63) is 99.5 Å². The summed E-state index contributed by atoms with van der Waals surface area (Å²) in [6.45, 7) is 0. The Morgan fingerprint density at radius 3 is 2.43 bits per heavy atom. The van der Waals surface area contributed by atoms with Gasteiger partial charge in [0.1, 0.15) is 11.6 Å². The summed E-state index contributed by atoms with van der Waals surface area (Å²) in [6, 6.07) is 13.8. The molecule has 0 aliphatic carbocycles. The number of benzene rings is 3. The van der Waals surface area contributed by atoms with Gasteiger partial charge in [0.25, 0.3) is 5.69 Å². The molecule has 0 fully saturated rings. The lowest BCUT2D eigenvalue weighted by Crippen LogP contribution is -2.18. The van der Waals surface area contributed by atoms with Gasteiger partial charge in [0, 0.05) is 35.8 Å². The van der Waals surface area contributed by atoms with Crippen LogP contribution in [-0.2, 0) is 11.2 Å². The van der Waals surface area contributed by atoms with Crippen LogP contribution in [0.2, 0.25) is 0 Å². The van der Waals surface area contributed by atoms with E-state index in [1.807, 2.05) is 0 Å². The van der Waals surface area contributed by atoms with Crippen molar-refractivity contribution in [1.29, 1.82) is 0 Å². The number of non-ortho nitro benzene ring substituents is 1. The molecule has 178 valence electrons. The Hall–Kier alpha value is -4.73. The Kier molecular flexibility index (Phi) is 6.45. The van der Waals surface area contributed by atoms with Gasteiger partial charge in [-0.2, -0.15) is 0 Å². The molecule has 0 atom stereocenters. The van der Waals surface area contributed by atoms with Crippen LogP contribution in [0.15, 0.2) is 66.9 Å². The summed E-state index contributed by atoms with van der Waals surface area (Å²) >= 11 is 0. The van der Waals surface area contributed by atoms with E-state index in [0.717, 1.165) is 0 Å². The number of rotatable bonds is 6. The number of fused-ring (bicyclic) bond motifs is 1. The predicted molar refractivity (Wildman–Crippen MR) is 127 cm³/mol. The number of nitrogens with one attached hydrogen (secondary N) is 1. The van der Waals surface area contributed by atoms with E-state index in [9.17, 15) is 24.1 Å². The van der Waals surface area contributed by atoms with E-state index in [1.54, 1.807) is 24.4 Å². The summed E-state index contributed by atoms with van der Waals surface area (Å²) in [7, 11) is 2.74. The number of hydrogen-bond acceptors (Lipinski definition) is 6. The Bertz CT molecular complexity index is 1450. The maximum atomic E-state index is 13.2. The highest BCUT2D eigenvalue weighted by atomic mass is 19.1. The van der Waals surface area contributed by atoms with E-state index < -0.39 is 22.7 Å². The van der Waals surface area contributed by atoms with Gasteiger partial charge in [-0.25, -0.2) is 14.0 Å². The van der Waals surface area contributed by atoms with Crippen LogP contribution in [-0.4, -0.2) is 35.7 Å². The van der Waals surface area contributed by atoms with Crippen molar-refractivity contribution in [2.45, 2.75) is 6.42 Å². The lowest BCUT2D eigenvalue weighted by molar-refractivity contribution is -0.384. The largest absolute Gasteiger partial charge is 0.496 e. The number of esters is 1. The van der Waals surface area contributed by atoms with Crippen LogP contribution >= 0.6 is 0 Å². The minimum absolute atomic E-state index is 0.122. The summed E-state index contributed by atoms with van der Waals surface area (Å²) < 4.78 is 24.7. The van der Waals surface area contributed by atoms with Crippen molar-refractivity contribution in [1.82, 2.24) is 4.57 Å². The molecule has 0 aliphatic heterocycles. The molecule has 10 heteroatoms. The van der Waals surface area contributed by atoms with Crippen LogP contribution in [0, 0.1) is 15.9 Å². The average molecular weight is 477 g/mol. The van der Waals surface area contributed by atoms with Crippen molar-refractivity contribution in [2.24, 2.45) is 0 Å². The quantitative estimate of drug-likeness (QED) is 0.233. The van der Waals surface area contributed by atoms with Gasteiger partial charge < -0.3 is 14.8 Å². The molecule has 1 amide bonds. The third-order valence-electron chi connectivity index (χ3n) is 5.48. The lowest BCUT2D eigenvalue weighted by atomic mass is 10.0. The monoisotopic (exact) mass is 477 g/mol. The van der Waals surface area contributed by atoms with Crippen LogP contribution in [0.4, 0.5) is 20.6 Å². The zero-order chi connectivity index (χ0) is 25.1. The molecule has 0 radical (unpaired) electrons. The Morgan fingerprint density at radius 1 is 1.03 bits per heavy atom. The maximum absolute atomic E-state index is 13.2. The van der Waals surface area contributed by atoms with Gasteiger partial charge in [0.15, 0.2) is 0 Å². The van der Waals surface area contributed by atoms with Gasteiger partial charge in [0.2, 0.25) is 0 Å². The van der Waals surface area contributed by atoms with E-state index in [0.29, 0.717) is 39.0 Å². The summed E-state index contributed by atoms with van der Waals surface area (Å²) in [5, 5.41) is 14.6. The highest BCUT2D eigenvalue weighted by Crippen LogP contribution is 2.31. The fourth-order valence-electron chi connectivity index (χ4n) is 3.77. The molecular weight excluding hydrogens is 457 g/mol. The third-order valence-corrected chi connectivity index (χ3v) is 5.48. The van der Waals surface area contributed by atoms with Crippen molar-refractivity contribution in [2.75, 3.05) is 19.5 Å². The molecule has 1 N–H and O–H groups in total. The molecule has 1 heterocycles. The average Bonchev–Trinajstić information content (AvgIpc) is 3.22. The van der Waals surface area contributed by atoms with Crippen LogP contribution in [0.3, 0.4) is 0 Å². The summed E-state index contributed by atoms with van der Waals surface area (Å²) in [6.07, 6.45) is 1.85. The van der Waals surface area contributed by atoms with E-state index in [-0.39, 0.29) is 12.1 Å². The molecule has 9 nitrogen and oxygen atoms in total. The summed E-state index contributed by atoms with van der Waals surface area (Å²) in [4.78, 5) is 35.8. The fourth-order valence-corrected chi connectivity index (χ4v) is 3.77. The van der Waals surface area contributed by atoms with Gasteiger partial charge in [-0.1, -0.05) is 6.07 Å². The number of anilines is 1. The zero-order valence-electron chi connectivity index (χ0n) is 18.8. The minimum atomic E-state index is -0.519. The van der Waals surface area contributed by atoms with Crippen LogP contribution in [0.25, 0.3) is 10.9 Å². The second-order valence-electron chi connectivity index (χ2n) is 7.61. The molecule has 0 aliphatic rings. The number of hydrogen-bond donors (Lipinski definition) is 1. The second-order valence-corrected chi connectivity index (χ2v) is 7.61. The number of carbonyl (C=O) groups excluding carboxylic acids is 2. The van der Waals surface area contributed by atoms with E-state index >= 15 is 0 Å². The minimum Gasteiger partial charge on any atom is -0.496 e. The first-order chi connectivity index (χ1) is 16.8. The van der Waals surface area contributed by atoms with Crippen LogP contribution in [0.5, 0.6) is 5.75 Å². The number of amides is 1. The van der Waals surface area contributed by atoms with Crippen molar-refractivity contribution in [3.63, 3.8) is 0 Å². The smallest absolute Gasteiger partial charge is 0.337 e. The standard InChI is InChI=1S/C25H20FN3O6/c1-34-23-12-16(24(30)35-2)4-3-15(23)11-17-14-28(22-10-9-20(29(32)33)13-21(17)22)25(31)27-19-7-5-18(26)6-8-19/h3-10,12-14H,11H2,1-2H3,(H,27,31). The Balaban J connectivity index is 1.76. The van der Waals surface area contributed by atoms with Gasteiger partial charge in [-0.3, -0.25) is 14.7 Å².